The van der Waals surface area contributed by atoms with Crippen molar-refractivity contribution in [2.24, 2.45) is 11.8 Å². The van der Waals surface area contributed by atoms with Crippen LogP contribution in [-0.2, 0) is 6.42 Å². The van der Waals surface area contributed by atoms with E-state index in [0.29, 0.717) is 37.8 Å². The summed E-state index contributed by atoms with van der Waals surface area (Å²) in [7, 11) is 0. The molecule has 0 unspecified atom stereocenters. The zero-order chi connectivity index (χ0) is 19.3. The Morgan fingerprint density at radius 2 is 2.04 bits per heavy atom. The molecule has 1 aromatic heterocycles. The molecule has 7 heteroatoms. The molecule has 0 aromatic carbocycles. The maximum atomic E-state index is 12.9. The van der Waals surface area contributed by atoms with Gasteiger partial charge in [0.2, 0.25) is 0 Å². The number of H-pyrrole nitrogens is 1. The fourth-order valence-electron chi connectivity index (χ4n) is 3.54. The quantitative estimate of drug-likeness (QED) is 0.757. The number of aromatic amines is 1. The molecule has 0 radical (unpaired) electrons. The van der Waals surface area contributed by atoms with Crippen LogP contribution in [0.5, 0.6) is 0 Å². The monoisotopic (exact) mass is 364 g/mol. The van der Waals surface area contributed by atoms with E-state index in [-0.39, 0.29) is 24.2 Å². The average molecular weight is 364 g/mol. The number of amides is 1. The Kier molecular flexibility index (Phi) is 7.34. The van der Waals surface area contributed by atoms with E-state index in [0.717, 1.165) is 18.8 Å². The predicted octanol–water partition coefficient (Wildman–Crippen LogP) is 1.13. The number of carbonyl (C=O) groups excluding carboxylic acids is 1. The van der Waals surface area contributed by atoms with Gasteiger partial charge in [0.05, 0.1) is 0 Å². The number of nitrogens with one attached hydrogen (secondary N) is 1. The van der Waals surface area contributed by atoms with Gasteiger partial charge in [-0.3, -0.25) is 9.69 Å². The SMILES string of the molecule is CC(C)Cc1cc(C(=O)N2CCN(CC(C)C)[C@@H](CCO)C2)nc(=O)[nH]1. The Labute approximate surface area is 155 Å². The minimum atomic E-state index is -0.475. The normalized spacial score (nSPS) is 18.7. The van der Waals surface area contributed by atoms with Crippen LogP contribution in [0.3, 0.4) is 0 Å². The van der Waals surface area contributed by atoms with E-state index in [1.165, 1.54) is 0 Å². The second-order valence-corrected chi connectivity index (χ2v) is 8.00. The van der Waals surface area contributed by atoms with Gasteiger partial charge in [0.25, 0.3) is 5.91 Å². The third-order valence-electron chi connectivity index (χ3n) is 4.60. The number of aliphatic hydroxyl groups is 1. The summed E-state index contributed by atoms with van der Waals surface area (Å²) < 4.78 is 0. The molecule has 0 bridgehead atoms. The van der Waals surface area contributed by atoms with Crippen molar-refractivity contribution in [3.63, 3.8) is 0 Å². The zero-order valence-electron chi connectivity index (χ0n) is 16.4. The highest BCUT2D eigenvalue weighted by Crippen LogP contribution is 2.17. The molecule has 26 heavy (non-hydrogen) atoms. The Balaban J connectivity index is 2.14. The first-order valence-corrected chi connectivity index (χ1v) is 9.54. The van der Waals surface area contributed by atoms with Crippen molar-refractivity contribution in [3.05, 3.63) is 27.9 Å². The van der Waals surface area contributed by atoms with Gasteiger partial charge in [-0.15, -0.1) is 0 Å². The van der Waals surface area contributed by atoms with E-state index < -0.39 is 5.69 Å². The van der Waals surface area contributed by atoms with Gasteiger partial charge in [0.15, 0.2) is 0 Å². The molecule has 1 aromatic rings. The van der Waals surface area contributed by atoms with Crippen LogP contribution in [0.2, 0.25) is 0 Å². The molecule has 1 saturated heterocycles. The fourth-order valence-corrected chi connectivity index (χ4v) is 3.54. The second kappa shape index (κ2) is 9.28. The summed E-state index contributed by atoms with van der Waals surface area (Å²) in [6.45, 7) is 11.5. The first kappa shape index (κ1) is 20.6. The summed E-state index contributed by atoms with van der Waals surface area (Å²) >= 11 is 0. The zero-order valence-corrected chi connectivity index (χ0v) is 16.4. The van der Waals surface area contributed by atoms with Crippen LogP contribution in [-0.4, -0.2) is 69.6 Å². The first-order valence-electron chi connectivity index (χ1n) is 9.54. The van der Waals surface area contributed by atoms with Crippen LogP contribution < -0.4 is 5.69 Å². The van der Waals surface area contributed by atoms with Crippen molar-refractivity contribution < 1.29 is 9.90 Å². The van der Waals surface area contributed by atoms with Crippen LogP contribution in [0.1, 0.15) is 50.3 Å². The Morgan fingerprint density at radius 3 is 2.65 bits per heavy atom. The van der Waals surface area contributed by atoms with Gasteiger partial charge in [-0.1, -0.05) is 27.7 Å². The molecule has 1 amide bonds. The third-order valence-corrected chi connectivity index (χ3v) is 4.60. The highest BCUT2D eigenvalue weighted by atomic mass is 16.3. The van der Waals surface area contributed by atoms with Crippen LogP contribution in [0.25, 0.3) is 0 Å². The van der Waals surface area contributed by atoms with Gasteiger partial charge in [0, 0.05) is 44.5 Å². The van der Waals surface area contributed by atoms with Gasteiger partial charge < -0.3 is 15.0 Å². The van der Waals surface area contributed by atoms with Gasteiger partial charge in [-0.25, -0.2) is 4.79 Å². The van der Waals surface area contributed by atoms with Gasteiger partial charge in [-0.05, 0) is 30.7 Å². The van der Waals surface area contributed by atoms with E-state index in [1.54, 1.807) is 11.0 Å². The van der Waals surface area contributed by atoms with Gasteiger partial charge >= 0.3 is 5.69 Å². The molecular formula is C19H32N4O3. The summed E-state index contributed by atoms with van der Waals surface area (Å²) in [6, 6.07) is 1.84. The van der Waals surface area contributed by atoms with Crippen LogP contribution in [0, 0.1) is 11.8 Å². The van der Waals surface area contributed by atoms with Crippen LogP contribution >= 0.6 is 0 Å². The fraction of sp³-hybridized carbons (Fsp3) is 0.737. The minimum absolute atomic E-state index is 0.100. The summed E-state index contributed by atoms with van der Waals surface area (Å²) in [4.78, 5) is 35.5. The molecule has 0 aliphatic carbocycles. The molecule has 7 nitrogen and oxygen atoms in total. The van der Waals surface area contributed by atoms with E-state index in [4.69, 9.17) is 0 Å². The van der Waals surface area contributed by atoms with E-state index in [9.17, 15) is 14.7 Å². The molecule has 2 rings (SSSR count). The van der Waals surface area contributed by atoms with Crippen LogP contribution in [0.15, 0.2) is 10.9 Å². The maximum Gasteiger partial charge on any atom is 0.345 e. The summed E-state index contributed by atoms with van der Waals surface area (Å²) in [5, 5.41) is 9.38. The molecule has 2 N–H and O–H groups in total. The number of hydrogen-bond donors (Lipinski definition) is 2. The van der Waals surface area contributed by atoms with Crippen molar-refractivity contribution in [2.75, 3.05) is 32.8 Å². The number of nitrogens with zero attached hydrogens (tertiary/aromatic N) is 3. The van der Waals surface area contributed by atoms with E-state index in [1.807, 2.05) is 0 Å². The summed E-state index contributed by atoms with van der Waals surface area (Å²) in [6.07, 6.45) is 1.34. The number of aliphatic hydroxyl groups excluding tert-OH is 1. The van der Waals surface area contributed by atoms with Crippen molar-refractivity contribution in [3.8, 4) is 0 Å². The smallest absolute Gasteiger partial charge is 0.345 e. The topological polar surface area (TPSA) is 89.5 Å². The molecule has 146 valence electrons. The lowest BCUT2D eigenvalue weighted by Gasteiger charge is -2.42. The molecule has 0 spiro atoms. The Bertz CT molecular complexity index is 656. The number of piperazine rings is 1. The van der Waals surface area contributed by atoms with Crippen LogP contribution in [0.4, 0.5) is 0 Å². The predicted molar refractivity (Wildman–Crippen MR) is 101 cm³/mol. The molecular weight excluding hydrogens is 332 g/mol. The van der Waals surface area contributed by atoms with E-state index >= 15 is 0 Å². The lowest BCUT2D eigenvalue weighted by atomic mass is 10.0. The van der Waals surface area contributed by atoms with Crippen molar-refractivity contribution in [1.82, 2.24) is 19.8 Å². The van der Waals surface area contributed by atoms with E-state index in [2.05, 4.69) is 42.6 Å². The molecule has 1 atom stereocenters. The van der Waals surface area contributed by atoms with Gasteiger partial charge in [-0.2, -0.15) is 4.98 Å². The Hall–Kier alpha value is -1.73. The third kappa shape index (κ3) is 5.64. The van der Waals surface area contributed by atoms with Crippen molar-refractivity contribution >= 4 is 5.91 Å². The second-order valence-electron chi connectivity index (χ2n) is 8.00. The summed E-state index contributed by atoms with van der Waals surface area (Å²) in [5.74, 6) is 0.712. The molecule has 1 fully saturated rings. The number of rotatable bonds is 7. The molecule has 0 saturated carbocycles. The largest absolute Gasteiger partial charge is 0.396 e. The lowest BCUT2D eigenvalue weighted by molar-refractivity contribution is 0.0380. The molecule has 2 heterocycles. The molecule has 1 aliphatic heterocycles. The molecule has 1 aliphatic rings. The number of carbonyl (C=O) groups is 1. The number of aromatic nitrogens is 2. The Morgan fingerprint density at radius 1 is 1.31 bits per heavy atom. The lowest BCUT2D eigenvalue weighted by Crippen LogP contribution is -2.55. The highest BCUT2D eigenvalue weighted by molar-refractivity contribution is 5.92. The minimum Gasteiger partial charge on any atom is -0.396 e. The highest BCUT2D eigenvalue weighted by Gasteiger charge is 2.30. The van der Waals surface area contributed by atoms with Crippen molar-refractivity contribution in [2.45, 2.75) is 46.6 Å². The van der Waals surface area contributed by atoms with Crippen molar-refractivity contribution in [1.29, 1.82) is 0 Å². The maximum absolute atomic E-state index is 12.9. The average Bonchev–Trinajstić information content (AvgIpc) is 2.54. The standard InChI is InChI=1S/C19H32N4O3/c1-13(2)9-15-10-17(21-19(26)20-15)18(25)23-7-6-22(11-14(3)4)16(12-23)5-8-24/h10,13-14,16,24H,5-9,11-12H2,1-4H3,(H,20,21,26)/t16-/m0/s1. The summed E-state index contributed by atoms with van der Waals surface area (Å²) in [5.41, 5.74) is 0.481. The number of hydrogen-bond acceptors (Lipinski definition) is 5. The van der Waals surface area contributed by atoms with Gasteiger partial charge in [0.1, 0.15) is 5.69 Å². The first-order chi connectivity index (χ1) is 12.3.